The van der Waals surface area contributed by atoms with E-state index in [9.17, 15) is 14.4 Å². The van der Waals surface area contributed by atoms with E-state index < -0.39 is 6.04 Å². The molecule has 0 aromatic carbocycles. The maximum Gasteiger partial charge on any atom is 0.251 e. The van der Waals surface area contributed by atoms with Crippen LogP contribution in [-0.2, 0) is 16.0 Å². The summed E-state index contributed by atoms with van der Waals surface area (Å²) in [5, 5.41) is 11.8. The molecule has 3 atom stereocenters. The molecule has 0 saturated carbocycles. The van der Waals surface area contributed by atoms with E-state index in [2.05, 4.69) is 15.5 Å². The molecule has 4 rings (SSSR count). The van der Waals surface area contributed by atoms with Gasteiger partial charge in [0, 0.05) is 56.6 Å². The summed E-state index contributed by atoms with van der Waals surface area (Å²) < 4.78 is 1.62. The van der Waals surface area contributed by atoms with Crippen LogP contribution in [0.25, 0.3) is 0 Å². The third kappa shape index (κ3) is 3.39. The van der Waals surface area contributed by atoms with E-state index in [0.29, 0.717) is 31.2 Å². The number of carbonyl (C=O) groups excluding carboxylic acids is 2. The molecule has 2 aromatic heterocycles. The Kier molecular flexibility index (Phi) is 4.88. The lowest BCUT2D eigenvalue weighted by Crippen LogP contribution is -2.54. The summed E-state index contributed by atoms with van der Waals surface area (Å²) in [5.74, 6) is -0.229. The van der Waals surface area contributed by atoms with E-state index in [-0.39, 0.29) is 29.2 Å². The molecule has 2 aliphatic heterocycles. The molecule has 0 aliphatic carbocycles. The average Bonchev–Trinajstić information content (AvgIpc) is 3.07. The minimum Gasteiger partial charge on any atom is -0.374 e. The Bertz CT molecular complexity index is 970. The summed E-state index contributed by atoms with van der Waals surface area (Å²) in [6.07, 6.45) is 1.31. The standard InChI is InChI=1S/C18H22N6O3S/c1-10(25)23-8-11-7-12(9-23)16(24-13(11)3-2-4-15(24)26)17(27)20-6-5-14-21-22-18(19)28-14/h2-4,11-12,16H,5-9H2,1H3,(H2,19,22)(H,20,27)/t11-,12+,16-/m1/s1. The van der Waals surface area contributed by atoms with Crippen LogP contribution in [0, 0.1) is 5.92 Å². The van der Waals surface area contributed by atoms with E-state index in [0.717, 1.165) is 17.1 Å². The van der Waals surface area contributed by atoms with E-state index in [1.807, 2.05) is 6.07 Å². The molecule has 0 unspecified atom stereocenters. The second kappa shape index (κ2) is 7.34. The maximum absolute atomic E-state index is 13.1. The normalized spacial score (nSPS) is 23.2. The molecule has 1 fully saturated rings. The van der Waals surface area contributed by atoms with Crippen molar-refractivity contribution in [1.82, 2.24) is 25.0 Å². The van der Waals surface area contributed by atoms with Gasteiger partial charge in [0.1, 0.15) is 11.0 Å². The van der Waals surface area contributed by atoms with Gasteiger partial charge in [-0.3, -0.25) is 19.0 Å². The number of rotatable bonds is 4. The molecule has 1 saturated heterocycles. The smallest absolute Gasteiger partial charge is 0.251 e. The molecule has 28 heavy (non-hydrogen) atoms. The number of nitrogen functional groups attached to an aromatic ring is 1. The summed E-state index contributed by atoms with van der Waals surface area (Å²) in [6, 6.07) is 4.46. The number of hydrogen-bond donors (Lipinski definition) is 2. The summed E-state index contributed by atoms with van der Waals surface area (Å²) in [7, 11) is 0. The molecule has 2 bridgehead atoms. The molecule has 2 aromatic rings. The second-order valence-electron chi connectivity index (χ2n) is 7.30. The SMILES string of the molecule is CC(=O)N1C[C@H]2C[C@@H](C1)[C@H](C(=O)NCCc1nnc(N)s1)n1c2cccc1=O. The first-order valence-corrected chi connectivity index (χ1v) is 10.1. The van der Waals surface area contributed by atoms with Gasteiger partial charge in [-0.15, -0.1) is 10.2 Å². The lowest BCUT2D eigenvalue weighted by Gasteiger charge is -2.46. The zero-order valence-corrected chi connectivity index (χ0v) is 16.3. The monoisotopic (exact) mass is 402 g/mol. The van der Waals surface area contributed by atoms with Crippen LogP contribution in [-0.4, -0.2) is 51.1 Å². The Balaban J connectivity index is 1.57. The zero-order chi connectivity index (χ0) is 19.8. The average molecular weight is 402 g/mol. The molecule has 9 nitrogen and oxygen atoms in total. The van der Waals surface area contributed by atoms with Gasteiger partial charge in [0.05, 0.1) is 0 Å². The Morgan fingerprint density at radius 3 is 2.86 bits per heavy atom. The van der Waals surface area contributed by atoms with Crippen molar-refractivity contribution < 1.29 is 9.59 Å². The lowest BCUT2D eigenvalue weighted by atomic mass is 9.78. The molecular formula is C18H22N6O3S. The van der Waals surface area contributed by atoms with Gasteiger partial charge in [0.25, 0.3) is 5.56 Å². The zero-order valence-electron chi connectivity index (χ0n) is 15.5. The van der Waals surface area contributed by atoms with Crippen LogP contribution in [0.4, 0.5) is 5.13 Å². The third-order valence-corrected chi connectivity index (χ3v) is 6.29. The number of pyridine rings is 1. The molecule has 3 N–H and O–H groups in total. The Morgan fingerprint density at radius 2 is 2.14 bits per heavy atom. The van der Waals surface area contributed by atoms with Gasteiger partial charge < -0.3 is 16.0 Å². The number of nitrogens with one attached hydrogen (secondary N) is 1. The van der Waals surface area contributed by atoms with Crippen LogP contribution in [0.3, 0.4) is 0 Å². The number of likely N-dealkylation sites (tertiary alicyclic amines) is 1. The summed E-state index contributed by atoms with van der Waals surface area (Å²) in [4.78, 5) is 39.4. The van der Waals surface area contributed by atoms with Gasteiger partial charge in [-0.05, 0) is 12.5 Å². The first kappa shape index (κ1) is 18.6. The van der Waals surface area contributed by atoms with Crippen molar-refractivity contribution in [3.05, 3.63) is 39.3 Å². The molecule has 10 heteroatoms. The minimum absolute atomic E-state index is 0.00514. The predicted molar refractivity (Wildman–Crippen MR) is 104 cm³/mol. The summed E-state index contributed by atoms with van der Waals surface area (Å²) >= 11 is 1.29. The van der Waals surface area contributed by atoms with Crippen molar-refractivity contribution >= 4 is 28.3 Å². The fourth-order valence-corrected chi connectivity index (χ4v) is 4.90. The number of anilines is 1. The van der Waals surface area contributed by atoms with Crippen LogP contribution >= 0.6 is 11.3 Å². The van der Waals surface area contributed by atoms with E-state index >= 15 is 0 Å². The predicted octanol–water partition coefficient (Wildman–Crippen LogP) is 0.148. The maximum atomic E-state index is 13.1. The first-order valence-electron chi connectivity index (χ1n) is 9.26. The van der Waals surface area contributed by atoms with Crippen molar-refractivity contribution in [2.45, 2.75) is 31.7 Å². The van der Waals surface area contributed by atoms with Gasteiger partial charge in [0.15, 0.2) is 0 Å². The molecule has 0 radical (unpaired) electrons. The molecule has 2 amide bonds. The number of fused-ring (bicyclic) bond motifs is 4. The van der Waals surface area contributed by atoms with E-state index in [1.165, 1.54) is 17.4 Å². The Labute approximate surface area is 165 Å². The lowest BCUT2D eigenvalue weighted by molar-refractivity contribution is -0.135. The van der Waals surface area contributed by atoms with Gasteiger partial charge in [-0.1, -0.05) is 17.4 Å². The van der Waals surface area contributed by atoms with Gasteiger partial charge in [-0.25, -0.2) is 0 Å². The quantitative estimate of drug-likeness (QED) is 0.750. The van der Waals surface area contributed by atoms with Crippen LogP contribution in [0.15, 0.2) is 23.0 Å². The summed E-state index contributed by atoms with van der Waals surface area (Å²) in [6.45, 7) is 3.00. The largest absolute Gasteiger partial charge is 0.374 e. The molecule has 2 aliphatic rings. The number of carbonyl (C=O) groups is 2. The number of hydrogen-bond acceptors (Lipinski definition) is 7. The van der Waals surface area contributed by atoms with Crippen molar-refractivity contribution in [2.75, 3.05) is 25.4 Å². The van der Waals surface area contributed by atoms with E-state index in [1.54, 1.807) is 22.5 Å². The van der Waals surface area contributed by atoms with Crippen LogP contribution in [0.2, 0.25) is 0 Å². The van der Waals surface area contributed by atoms with Crippen LogP contribution < -0.4 is 16.6 Å². The molecule has 148 valence electrons. The van der Waals surface area contributed by atoms with Gasteiger partial charge >= 0.3 is 0 Å². The number of nitrogens with zero attached hydrogens (tertiary/aromatic N) is 4. The highest BCUT2D eigenvalue weighted by molar-refractivity contribution is 7.15. The van der Waals surface area contributed by atoms with E-state index in [4.69, 9.17) is 5.73 Å². The number of aromatic nitrogens is 3. The third-order valence-electron chi connectivity index (χ3n) is 5.48. The fraction of sp³-hybridized carbons (Fsp3) is 0.500. The first-order chi connectivity index (χ1) is 13.4. The van der Waals surface area contributed by atoms with Crippen molar-refractivity contribution in [3.63, 3.8) is 0 Å². The minimum atomic E-state index is -0.624. The molecule has 0 spiro atoms. The number of amides is 2. The number of nitrogens with two attached hydrogens (primary N) is 1. The second-order valence-corrected chi connectivity index (χ2v) is 8.39. The van der Waals surface area contributed by atoms with Crippen LogP contribution in [0.1, 0.15) is 36.0 Å². The molecule has 4 heterocycles. The van der Waals surface area contributed by atoms with Crippen LogP contribution in [0.5, 0.6) is 0 Å². The summed E-state index contributed by atoms with van der Waals surface area (Å²) in [5.41, 5.74) is 6.22. The highest BCUT2D eigenvalue weighted by atomic mass is 32.1. The molecular weight excluding hydrogens is 380 g/mol. The highest BCUT2D eigenvalue weighted by Gasteiger charge is 2.44. The fourth-order valence-electron chi connectivity index (χ4n) is 4.29. The Morgan fingerprint density at radius 1 is 1.32 bits per heavy atom. The Hall–Kier alpha value is -2.75. The van der Waals surface area contributed by atoms with Gasteiger partial charge in [0.2, 0.25) is 16.9 Å². The van der Waals surface area contributed by atoms with Gasteiger partial charge in [-0.2, -0.15) is 0 Å². The topological polar surface area (TPSA) is 123 Å². The van der Waals surface area contributed by atoms with Crippen molar-refractivity contribution in [3.8, 4) is 0 Å². The number of piperidine rings is 1. The van der Waals surface area contributed by atoms with Crippen molar-refractivity contribution in [1.29, 1.82) is 0 Å². The highest BCUT2D eigenvalue weighted by Crippen LogP contribution is 2.41. The van der Waals surface area contributed by atoms with Crippen molar-refractivity contribution in [2.24, 2.45) is 5.92 Å².